The zero-order valence-corrected chi connectivity index (χ0v) is 21.0. The van der Waals surface area contributed by atoms with Crippen LogP contribution in [0.3, 0.4) is 0 Å². The van der Waals surface area contributed by atoms with Gasteiger partial charge in [0.05, 0.1) is 19.1 Å². The molecule has 0 bridgehead atoms. The summed E-state index contributed by atoms with van der Waals surface area (Å²) in [5, 5.41) is 0. The summed E-state index contributed by atoms with van der Waals surface area (Å²) < 4.78 is 11.3. The second-order valence-electron chi connectivity index (χ2n) is 10.0. The Bertz CT molecular complexity index is 1070. The van der Waals surface area contributed by atoms with Gasteiger partial charge in [0.1, 0.15) is 17.6 Å². The number of benzene rings is 2. The number of ether oxygens (including phenoxy) is 2. The van der Waals surface area contributed by atoms with Crippen molar-refractivity contribution in [3.05, 3.63) is 59.7 Å². The highest BCUT2D eigenvalue weighted by atomic mass is 16.5. The zero-order valence-electron chi connectivity index (χ0n) is 21.0. The van der Waals surface area contributed by atoms with Gasteiger partial charge in [0, 0.05) is 32.9 Å². The lowest BCUT2D eigenvalue weighted by atomic mass is 9.75. The van der Waals surface area contributed by atoms with Crippen molar-refractivity contribution in [2.45, 2.75) is 51.0 Å². The van der Waals surface area contributed by atoms with Gasteiger partial charge in [-0.3, -0.25) is 19.3 Å². The largest absolute Gasteiger partial charge is 0.497 e. The highest BCUT2D eigenvalue weighted by molar-refractivity contribution is 6.10. The Morgan fingerprint density at radius 2 is 1.89 bits per heavy atom. The van der Waals surface area contributed by atoms with Crippen LogP contribution in [0.5, 0.6) is 11.5 Å². The maximum Gasteiger partial charge on any atom is 0.240 e. The lowest BCUT2D eigenvalue weighted by molar-refractivity contribution is -0.142. The van der Waals surface area contributed by atoms with Gasteiger partial charge in [-0.2, -0.15) is 0 Å². The number of para-hydroxylation sites is 1. The maximum atomic E-state index is 13.7. The summed E-state index contributed by atoms with van der Waals surface area (Å²) in [5.74, 6) is 1.15. The minimum absolute atomic E-state index is 0.0127. The van der Waals surface area contributed by atoms with E-state index in [1.165, 1.54) is 4.90 Å². The van der Waals surface area contributed by atoms with E-state index in [2.05, 4.69) is 13.8 Å². The van der Waals surface area contributed by atoms with Gasteiger partial charge >= 0.3 is 0 Å². The molecular formula is C28H34N2O5. The molecule has 35 heavy (non-hydrogen) atoms. The van der Waals surface area contributed by atoms with E-state index in [1.807, 2.05) is 24.3 Å². The number of carbonyl (C=O) groups is 3. The molecule has 7 nitrogen and oxygen atoms in total. The van der Waals surface area contributed by atoms with Crippen LogP contribution in [0.15, 0.2) is 48.5 Å². The minimum atomic E-state index is -1.22. The van der Waals surface area contributed by atoms with Gasteiger partial charge in [0.2, 0.25) is 17.7 Å². The number of likely N-dealkylation sites (N-methyl/N-ethyl adjacent to an activating group) is 1. The highest BCUT2D eigenvalue weighted by Gasteiger charge is 2.53. The van der Waals surface area contributed by atoms with Crippen LogP contribution >= 0.6 is 0 Å². The van der Waals surface area contributed by atoms with Crippen LogP contribution in [0.25, 0.3) is 0 Å². The van der Waals surface area contributed by atoms with E-state index in [0.717, 1.165) is 24.2 Å². The van der Waals surface area contributed by atoms with Crippen LogP contribution in [0.4, 0.5) is 0 Å². The molecule has 0 aromatic heterocycles. The van der Waals surface area contributed by atoms with Gasteiger partial charge in [0.25, 0.3) is 0 Å². The SMILES string of the molecule is COc1ccc([C@@]2(CC(=O)N(C)C[C@H]3Cc4ccccc4O3)CC(=O)N(CCC(C)C)C2=O)cc1. The number of methoxy groups -OCH3 is 1. The third kappa shape index (κ3) is 5.04. The lowest BCUT2D eigenvalue weighted by Crippen LogP contribution is -2.44. The monoisotopic (exact) mass is 478 g/mol. The zero-order chi connectivity index (χ0) is 25.2. The van der Waals surface area contributed by atoms with Gasteiger partial charge in [-0.05, 0) is 41.7 Å². The van der Waals surface area contributed by atoms with E-state index in [4.69, 9.17) is 9.47 Å². The van der Waals surface area contributed by atoms with Gasteiger partial charge in [0.15, 0.2) is 0 Å². The number of imide groups is 1. The second-order valence-corrected chi connectivity index (χ2v) is 10.0. The van der Waals surface area contributed by atoms with Crippen LogP contribution in [0, 0.1) is 5.92 Å². The molecule has 0 aliphatic carbocycles. The molecule has 2 atom stereocenters. The number of nitrogens with zero attached hydrogens (tertiary/aromatic N) is 2. The van der Waals surface area contributed by atoms with Crippen molar-refractivity contribution in [1.29, 1.82) is 0 Å². The summed E-state index contributed by atoms with van der Waals surface area (Å²) >= 11 is 0. The first kappa shape index (κ1) is 24.8. The molecule has 2 heterocycles. The molecule has 2 aromatic rings. The van der Waals surface area contributed by atoms with E-state index < -0.39 is 5.41 Å². The molecule has 0 unspecified atom stereocenters. The van der Waals surface area contributed by atoms with Crippen LogP contribution in [0.1, 0.15) is 44.2 Å². The van der Waals surface area contributed by atoms with E-state index in [-0.39, 0.29) is 36.7 Å². The van der Waals surface area contributed by atoms with Crippen molar-refractivity contribution in [1.82, 2.24) is 9.80 Å². The summed E-state index contributed by atoms with van der Waals surface area (Å²) in [6, 6.07) is 15.0. The van der Waals surface area contributed by atoms with Gasteiger partial charge in [-0.15, -0.1) is 0 Å². The molecule has 2 aromatic carbocycles. The van der Waals surface area contributed by atoms with Crippen molar-refractivity contribution in [3.8, 4) is 11.5 Å². The molecular weight excluding hydrogens is 444 g/mol. The van der Waals surface area contributed by atoms with Crippen LogP contribution in [0.2, 0.25) is 0 Å². The molecule has 0 spiro atoms. The fourth-order valence-electron chi connectivity index (χ4n) is 4.95. The molecule has 0 radical (unpaired) electrons. The van der Waals surface area contributed by atoms with Crippen molar-refractivity contribution in [2.75, 3.05) is 27.2 Å². The number of hydrogen-bond acceptors (Lipinski definition) is 5. The van der Waals surface area contributed by atoms with Crippen LogP contribution in [-0.2, 0) is 26.2 Å². The molecule has 0 saturated carbocycles. The van der Waals surface area contributed by atoms with Crippen molar-refractivity contribution in [2.24, 2.45) is 5.92 Å². The average Bonchev–Trinajstić information content (AvgIpc) is 3.35. The molecule has 3 amide bonds. The van der Waals surface area contributed by atoms with Crippen molar-refractivity contribution < 1.29 is 23.9 Å². The Morgan fingerprint density at radius 1 is 1.17 bits per heavy atom. The number of rotatable bonds is 9. The van der Waals surface area contributed by atoms with E-state index >= 15 is 0 Å². The molecule has 0 N–H and O–H groups in total. The summed E-state index contributed by atoms with van der Waals surface area (Å²) in [6.07, 6.45) is 1.24. The molecule has 186 valence electrons. The molecule has 7 heteroatoms. The number of amides is 3. The van der Waals surface area contributed by atoms with Gasteiger partial charge in [-0.1, -0.05) is 44.2 Å². The Kier molecular flexibility index (Phi) is 7.15. The number of fused-ring (bicyclic) bond motifs is 1. The maximum absolute atomic E-state index is 13.7. The van der Waals surface area contributed by atoms with Crippen LogP contribution < -0.4 is 9.47 Å². The van der Waals surface area contributed by atoms with Crippen molar-refractivity contribution >= 4 is 17.7 Å². The van der Waals surface area contributed by atoms with Gasteiger partial charge in [-0.25, -0.2) is 0 Å². The minimum Gasteiger partial charge on any atom is -0.497 e. The predicted molar refractivity (Wildman–Crippen MR) is 132 cm³/mol. The third-order valence-electron chi connectivity index (χ3n) is 7.05. The smallest absolute Gasteiger partial charge is 0.240 e. The first-order valence-corrected chi connectivity index (χ1v) is 12.2. The third-order valence-corrected chi connectivity index (χ3v) is 7.05. The number of likely N-dealkylation sites (tertiary alicyclic amines) is 1. The fraction of sp³-hybridized carbons (Fsp3) is 0.464. The summed E-state index contributed by atoms with van der Waals surface area (Å²) in [4.78, 5) is 43.1. The second kappa shape index (κ2) is 10.1. The summed E-state index contributed by atoms with van der Waals surface area (Å²) in [6.45, 7) is 4.89. The molecule has 2 aliphatic heterocycles. The van der Waals surface area contributed by atoms with Crippen molar-refractivity contribution in [3.63, 3.8) is 0 Å². The standard InChI is InChI=1S/C28H34N2O5/c1-19(2)13-14-30-26(32)17-28(27(30)33,21-9-11-22(34-4)12-10-21)16-25(31)29(3)18-23-15-20-7-5-6-8-24(20)35-23/h5-12,19,23H,13-18H2,1-4H3/t23-,28-/m1/s1. The lowest BCUT2D eigenvalue weighted by Gasteiger charge is -2.30. The Morgan fingerprint density at radius 3 is 2.54 bits per heavy atom. The molecule has 2 aliphatic rings. The van der Waals surface area contributed by atoms with Gasteiger partial charge < -0.3 is 14.4 Å². The Hall–Kier alpha value is -3.35. The normalized spacial score (nSPS) is 21.3. The Balaban J connectivity index is 1.54. The van der Waals surface area contributed by atoms with E-state index in [0.29, 0.717) is 30.3 Å². The summed E-state index contributed by atoms with van der Waals surface area (Å²) in [5.41, 5.74) is 0.575. The topological polar surface area (TPSA) is 76.2 Å². The average molecular weight is 479 g/mol. The van der Waals surface area contributed by atoms with E-state index in [1.54, 1.807) is 43.3 Å². The molecule has 1 fully saturated rings. The molecule has 4 rings (SSSR count). The van der Waals surface area contributed by atoms with E-state index in [9.17, 15) is 14.4 Å². The highest BCUT2D eigenvalue weighted by Crippen LogP contribution is 2.41. The first-order chi connectivity index (χ1) is 16.7. The number of carbonyl (C=O) groups excluding carboxylic acids is 3. The quantitative estimate of drug-likeness (QED) is 0.515. The fourth-order valence-corrected chi connectivity index (χ4v) is 4.95. The Labute approximate surface area is 207 Å². The predicted octanol–water partition coefficient (Wildman–Crippen LogP) is 3.59. The first-order valence-electron chi connectivity index (χ1n) is 12.2. The van der Waals surface area contributed by atoms with Crippen LogP contribution in [-0.4, -0.2) is 60.9 Å². The summed E-state index contributed by atoms with van der Waals surface area (Å²) in [7, 11) is 3.30. The molecule has 1 saturated heterocycles. The number of hydrogen-bond donors (Lipinski definition) is 0.